The van der Waals surface area contributed by atoms with Gasteiger partial charge in [0.2, 0.25) is 0 Å². The van der Waals surface area contributed by atoms with Gasteiger partial charge in [-0.2, -0.15) is 0 Å². The Morgan fingerprint density at radius 1 is 0.403 bits per heavy atom. The molecule has 13 aromatic rings. The monoisotopic (exact) mass is 860 g/mol. The number of hydrogen-bond donors (Lipinski definition) is 0. The molecule has 0 aliphatic rings. The topological polar surface area (TPSA) is 32.8 Å². The molecule has 4 nitrogen and oxygen atoms in total. The Morgan fingerprint density at radius 2 is 0.881 bits per heavy atom. The predicted molar refractivity (Wildman–Crippen MR) is 285 cm³/mol. The minimum absolute atomic E-state index is 0.862. The summed E-state index contributed by atoms with van der Waals surface area (Å²) in [6.07, 6.45) is 5.92. The van der Waals surface area contributed by atoms with Crippen LogP contribution in [0, 0.1) is 20.8 Å². The van der Waals surface area contributed by atoms with Crippen LogP contribution < -0.4 is 9.80 Å². The highest BCUT2D eigenvalue weighted by Crippen LogP contribution is 2.52. The number of benzene rings is 11. The van der Waals surface area contributed by atoms with Crippen molar-refractivity contribution in [2.75, 3.05) is 9.80 Å². The van der Waals surface area contributed by atoms with Crippen molar-refractivity contribution in [3.63, 3.8) is 0 Å². The van der Waals surface area contributed by atoms with Gasteiger partial charge in [-0.3, -0.25) is 0 Å². The molecule has 0 saturated heterocycles. The normalized spacial score (nSPS) is 12.1. The van der Waals surface area contributed by atoms with Crippen LogP contribution in [0.3, 0.4) is 0 Å². The number of rotatable bonds is 8. The lowest BCUT2D eigenvalue weighted by Crippen LogP contribution is -2.13. The fourth-order valence-corrected chi connectivity index (χ4v) is 10.9. The Bertz CT molecular complexity index is 4160. The van der Waals surface area contributed by atoms with Gasteiger partial charge in [-0.1, -0.05) is 158 Å². The summed E-state index contributed by atoms with van der Waals surface area (Å²) < 4.78 is 13.9. The van der Waals surface area contributed by atoms with Crippen molar-refractivity contribution in [3.8, 4) is 0 Å². The zero-order valence-electron chi connectivity index (χ0n) is 37.5. The average molecular weight is 861 g/mol. The lowest BCUT2D eigenvalue weighted by Gasteiger charge is -2.30. The lowest BCUT2D eigenvalue weighted by molar-refractivity contribution is 0.668. The molecule has 0 amide bonds. The van der Waals surface area contributed by atoms with E-state index in [1.807, 2.05) is 12.2 Å². The van der Waals surface area contributed by atoms with Crippen molar-refractivity contribution in [2.24, 2.45) is 0 Å². The highest BCUT2D eigenvalue weighted by molar-refractivity contribution is 6.29. The molecule has 0 aliphatic carbocycles. The van der Waals surface area contributed by atoms with Gasteiger partial charge in [-0.05, 0) is 124 Å². The minimum atomic E-state index is 0.862. The highest BCUT2D eigenvalue weighted by Gasteiger charge is 2.28. The number of nitrogens with zero attached hydrogens (tertiary/aromatic N) is 2. The second-order valence-electron chi connectivity index (χ2n) is 17.8. The number of furan rings is 2. The third kappa shape index (κ3) is 5.79. The van der Waals surface area contributed by atoms with Crippen molar-refractivity contribution in [1.82, 2.24) is 0 Å². The molecule has 4 heteroatoms. The van der Waals surface area contributed by atoms with Crippen molar-refractivity contribution < 1.29 is 8.83 Å². The van der Waals surface area contributed by atoms with Crippen LogP contribution in [0.2, 0.25) is 0 Å². The third-order valence-electron chi connectivity index (χ3n) is 14.0. The molecule has 0 N–H and O–H groups in total. The smallest absolute Gasteiger partial charge is 0.159 e. The first kappa shape index (κ1) is 38.8. The molecule has 2 heterocycles. The molecule has 2 aromatic heterocycles. The number of hydrogen-bond acceptors (Lipinski definition) is 4. The van der Waals surface area contributed by atoms with Crippen LogP contribution in [0.4, 0.5) is 34.1 Å². The summed E-state index contributed by atoms with van der Waals surface area (Å²) in [6, 6.07) is 65.8. The maximum Gasteiger partial charge on any atom is 0.159 e. The molecule has 0 aliphatic heterocycles. The van der Waals surface area contributed by atoms with E-state index in [1.165, 1.54) is 37.9 Å². The van der Waals surface area contributed by atoms with Gasteiger partial charge in [0.15, 0.2) is 11.2 Å². The molecule has 0 spiro atoms. The van der Waals surface area contributed by atoms with Gasteiger partial charge < -0.3 is 18.6 Å². The summed E-state index contributed by atoms with van der Waals surface area (Å²) >= 11 is 0. The Kier molecular flexibility index (Phi) is 8.68. The molecule has 318 valence electrons. The van der Waals surface area contributed by atoms with E-state index in [9.17, 15) is 0 Å². The Morgan fingerprint density at radius 3 is 1.46 bits per heavy atom. The van der Waals surface area contributed by atoms with Crippen LogP contribution in [0.1, 0.15) is 22.3 Å². The summed E-state index contributed by atoms with van der Waals surface area (Å²) in [5.74, 6) is 0. The molecule has 13 rings (SSSR count). The van der Waals surface area contributed by atoms with Crippen molar-refractivity contribution in [3.05, 3.63) is 223 Å². The zero-order chi connectivity index (χ0) is 44.9. The Hall–Kier alpha value is -8.60. The lowest BCUT2D eigenvalue weighted by atomic mass is 9.91. The molecule has 0 radical (unpaired) electrons. The van der Waals surface area contributed by atoms with Gasteiger partial charge in [0, 0.05) is 43.7 Å². The van der Waals surface area contributed by atoms with Crippen LogP contribution in [-0.2, 0) is 0 Å². The van der Waals surface area contributed by atoms with Crippen molar-refractivity contribution >= 4 is 127 Å². The average Bonchev–Trinajstić information content (AvgIpc) is 3.95. The van der Waals surface area contributed by atoms with E-state index in [1.54, 1.807) is 0 Å². The first-order valence-electron chi connectivity index (χ1n) is 23.0. The van der Waals surface area contributed by atoms with Crippen LogP contribution in [0.15, 0.2) is 210 Å². The number of fused-ring (bicyclic) bond motifs is 8. The van der Waals surface area contributed by atoms with Crippen LogP contribution in [0.5, 0.6) is 0 Å². The van der Waals surface area contributed by atoms with Crippen molar-refractivity contribution in [2.45, 2.75) is 20.8 Å². The summed E-state index contributed by atoms with van der Waals surface area (Å²) in [7, 11) is 0. The number of allylic oxidation sites excluding steroid dienone is 2. The molecule has 0 bridgehead atoms. The van der Waals surface area contributed by atoms with Gasteiger partial charge in [0.25, 0.3) is 0 Å². The van der Waals surface area contributed by atoms with Gasteiger partial charge >= 0.3 is 0 Å². The van der Waals surface area contributed by atoms with E-state index in [0.29, 0.717) is 0 Å². The fraction of sp³-hybridized carbons (Fsp3) is 0.0476. The SMILES string of the molecule is C=C/C=C\c1ccc2oc3c(N(c4ccccc4)c4ccc5ccc6c(N(c7ccccc7)c7c(C)ccc8c7oc7ccc9ccccc9c78)ccc7ccc4c5c76)c(C)ccc3c2c1C. The minimum Gasteiger partial charge on any atom is -0.454 e. The molecule has 0 saturated carbocycles. The van der Waals surface area contributed by atoms with Gasteiger partial charge in [0.1, 0.15) is 11.2 Å². The van der Waals surface area contributed by atoms with E-state index in [0.717, 1.165) is 105 Å². The van der Waals surface area contributed by atoms with E-state index >= 15 is 0 Å². The second kappa shape index (κ2) is 15.0. The number of para-hydroxylation sites is 2. The number of aryl methyl sites for hydroxylation is 3. The van der Waals surface area contributed by atoms with E-state index in [2.05, 4.69) is 225 Å². The van der Waals surface area contributed by atoms with E-state index < -0.39 is 0 Å². The second-order valence-corrected chi connectivity index (χ2v) is 17.8. The molecule has 67 heavy (non-hydrogen) atoms. The number of anilines is 6. The summed E-state index contributed by atoms with van der Waals surface area (Å²) in [5, 5.41) is 14.0. The highest BCUT2D eigenvalue weighted by atomic mass is 16.3. The molecule has 11 aromatic carbocycles. The molecule has 0 atom stereocenters. The largest absolute Gasteiger partial charge is 0.454 e. The van der Waals surface area contributed by atoms with Crippen LogP contribution in [-0.4, -0.2) is 0 Å². The standard InChI is InChI=1S/C63H44N2O2/c1-5-6-15-41-28-36-54-56(40(41)4)50-30-22-38(2)60(62(50)66-54)64(45-17-9-7-10-18-45)52-34-26-43-25-33-49-53(35-27-44-24-32-48(52)57(43)58(44)49)65(46-19-11-8-12-20-46)61-39(3)23-31-51-59-47-21-14-13-16-42(47)29-37-55(59)67-63(51)61/h5-37H,1H2,2-4H3/b15-6-. The maximum absolute atomic E-state index is 6.97. The maximum atomic E-state index is 6.97. The van der Waals surface area contributed by atoms with Gasteiger partial charge in [-0.25, -0.2) is 0 Å². The summed E-state index contributed by atoms with van der Waals surface area (Å²) in [4.78, 5) is 4.82. The van der Waals surface area contributed by atoms with E-state index in [4.69, 9.17) is 8.83 Å². The quantitative estimate of drug-likeness (QED) is 0.113. The zero-order valence-corrected chi connectivity index (χ0v) is 37.5. The van der Waals surface area contributed by atoms with E-state index in [-0.39, 0.29) is 0 Å². The van der Waals surface area contributed by atoms with Crippen molar-refractivity contribution in [1.29, 1.82) is 0 Å². The summed E-state index contributed by atoms with van der Waals surface area (Å²) in [6.45, 7) is 10.5. The first-order valence-corrected chi connectivity index (χ1v) is 23.0. The van der Waals surface area contributed by atoms with Crippen LogP contribution in [0.25, 0.3) is 93.0 Å². The molecular formula is C63H44N2O2. The third-order valence-corrected chi connectivity index (χ3v) is 14.0. The first-order chi connectivity index (χ1) is 33.0. The van der Waals surface area contributed by atoms with Crippen LogP contribution >= 0.6 is 0 Å². The van der Waals surface area contributed by atoms with Gasteiger partial charge in [0.05, 0.1) is 22.7 Å². The fourth-order valence-electron chi connectivity index (χ4n) is 10.9. The summed E-state index contributed by atoms with van der Waals surface area (Å²) in [5.41, 5.74) is 14.4. The Labute approximate surface area is 387 Å². The predicted octanol–water partition coefficient (Wildman–Crippen LogP) is 18.6. The molecule has 0 unspecified atom stereocenters. The molecular weight excluding hydrogens is 817 g/mol. The molecule has 0 fully saturated rings. The Balaban J connectivity index is 1.07. The van der Waals surface area contributed by atoms with Gasteiger partial charge in [-0.15, -0.1) is 0 Å².